The van der Waals surface area contributed by atoms with Crippen LogP contribution in [-0.2, 0) is 0 Å². The maximum absolute atomic E-state index is 2.17. The summed E-state index contributed by atoms with van der Waals surface area (Å²) >= 11 is 0. The van der Waals surface area contributed by atoms with Crippen molar-refractivity contribution in [3.63, 3.8) is 0 Å². The van der Waals surface area contributed by atoms with E-state index in [1.165, 1.54) is 22.3 Å². The third-order valence-electron chi connectivity index (χ3n) is 2.60. The van der Waals surface area contributed by atoms with Gasteiger partial charge in [-0.25, -0.2) is 0 Å². The van der Waals surface area contributed by atoms with E-state index in [9.17, 15) is 0 Å². The maximum Gasteiger partial charge on any atom is -0.0395 e. The zero-order chi connectivity index (χ0) is 16.0. The number of benzene rings is 2. The molecule has 0 aromatic heterocycles. The van der Waals surface area contributed by atoms with Crippen molar-refractivity contribution < 1.29 is 0 Å². The van der Waals surface area contributed by atoms with Gasteiger partial charge < -0.3 is 0 Å². The first-order chi connectivity index (χ1) is 9.59. The molecule has 0 bridgehead atoms. The largest absolute Gasteiger partial charge is 0.0683 e. The Morgan fingerprint density at radius 2 is 0.850 bits per heavy atom. The SMILES string of the molecule is CC.CC.Cc1cccc(C)c1.Cc1ccccc1C. The average molecular weight is 272 g/mol. The van der Waals surface area contributed by atoms with Gasteiger partial charge in [-0.3, -0.25) is 0 Å². The highest BCUT2D eigenvalue weighted by Crippen LogP contribution is 2.02. The van der Waals surface area contributed by atoms with Gasteiger partial charge in [0.1, 0.15) is 0 Å². The summed E-state index contributed by atoms with van der Waals surface area (Å²) in [5, 5.41) is 0. The molecule has 112 valence electrons. The lowest BCUT2D eigenvalue weighted by Crippen LogP contribution is -1.74. The summed E-state index contributed by atoms with van der Waals surface area (Å²) in [5.41, 5.74) is 5.41. The van der Waals surface area contributed by atoms with Crippen LogP contribution in [0.1, 0.15) is 49.9 Å². The number of aryl methyl sites for hydroxylation is 4. The predicted molar refractivity (Wildman–Crippen MR) is 94.5 cm³/mol. The monoisotopic (exact) mass is 272 g/mol. The Labute approximate surface area is 126 Å². The first-order valence-corrected chi connectivity index (χ1v) is 7.65. The normalized spacial score (nSPS) is 8.00. The molecule has 0 atom stereocenters. The second-order valence-electron chi connectivity index (χ2n) is 4.24. The summed E-state index contributed by atoms with van der Waals surface area (Å²) in [7, 11) is 0. The van der Waals surface area contributed by atoms with Gasteiger partial charge >= 0.3 is 0 Å². The highest BCUT2D eigenvalue weighted by molar-refractivity contribution is 5.23. The fourth-order valence-electron chi connectivity index (χ4n) is 1.47. The van der Waals surface area contributed by atoms with Crippen LogP contribution in [0.15, 0.2) is 48.5 Å². The second-order valence-corrected chi connectivity index (χ2v) is 4.24. The molecule has 0 saturated carbocycles. The van der Waals surface area contributed by atoms with Crippen molar-refractivity contribution in [3.8, 4) is 0 Å². The molecular formula is C20H32. The molecule has 0 aliphatic rings. The molecule has 0 nitrogen and oxygen atoms in total. The van der Waals surface area contributed by atoms with Crippen LogP contribution in [0.5, 0.6) is 0 Å². The van der Waals surface area contributed by atoms with E-state index in [2.05, 4.69) is 76.2 Å². The van der Waals surface area contributed by atoms with E-state index >= 15 is 0 Å². The van der Waals surface area contributed by atoms with Crippen LogP contribution in [0.3, 0.4) is 0 Å². The molecule has 2 aromatic rings. The Hall–Kier alpha value is -1.56. The molecule has 0 aliphatic carbocycles. The molecule has 0 spiro atoms. The van der Waals surface area contributed by atoms with E-state index in [1.54, 1.807) is 0 Å². The zero-order valence-electron chi connectivity index (χ0n) is 14.6. The number of hydrogen-bond donors (Lipinski definition) is 0. The number of hydrogen-bond acceptors (Lipinski definition) is 0. The summed E-state index contributed by atoms with van der Waals surface area (Å²) in [6.45, 7) is 16.4. The van der Waals surface area contributed by atoms with Crippen molar-refractivity contribution >= 4 is 0 Å². The standard InChI is InChI=1S/2C8H10.2C2H6/c1-7-4-3-5-8(2)6-7;1-7-5-3-4-6-8(7)2;2*1-2/h2*3-6H,1-2H3;2*1-2H3. The zero-order valence-corrected chi connectivity index (χ0v) is 14.6. The van der Waals surface area contributed by atoms with Crippen LogP contribution in [0.25, 0.3) is 0 Å². The van der Waals surface area contributed by atoms with Crippen LogP contribution >= 0.6 is 0 Å². The third-order valence-corrected chi connectivity index (χ3v) is 2.60. The molecule has 0 heteroatoms. The van der Waals surface area contributed by atoms with Gasteiger partial charge in [0, 0.05) is 0 Å². The Morgan fingerprint density at radius 1 is 0.500 bits per heavy atom. The fraction of sp³-hybridized carbons (Fsp3) is 0.400. The number of rotatable bonds is 0. The summed E-state index contributed by atoms with van der Waals surface area (Å²) in [6.07, 6.45) is 0. The molecule has 2 rings (SSSR count). The maximum atomic E-state index is 2.17. The van der Waals surface area contributed by atoms with E-state index < -0.39 is 0 Å². The van der Waals surface area contributed by atoms with Gasteiger partial charge in [-0.2, -0.15) is 0 Å². The smallest absolute Gasteiger partial charge is 0.0395 e. The molecular weight excluding hydrogens is 240 g/mol. The van der Waals surface area contributed by atoms with Gasteiger partial charge in [-0.1, -0.05) is 87.4 Å². The molecule has 0 fully saturated rings. The van der Waals surface area contributed by atoms with E-state index in [0.29, 0.717) is 0 Å². The van der Waals surface area contributed by atoms with Crippen molar-refractivity contribution in [1.82, 2.24) is 0 Å². The van der Waals surface area contributed by atoms with Crippen LogP contribution in [0, 0.1) is 27.7 Å². The molecule has 0 heterocycles. The minimum atomic E-state index is 1.34. The van der Waals surface area contributed by atoms with Crippen LogP contribution < -0.4 is 0 Å². The van der Waals surface area contributed by atoms with E-state index in [-0.39, 0.29) is 0 Å². The molecule has 2 aromatic carbocycles. The van der Waals surface area contributed by atoms with Crippen LogP contribution in [0.4, 0.5) is 0 Å². The third kappa shape index (κ3) is 10.4. The Kier molecular flexibility index (Phi) is 14.4. The Bertz CT molecular complexity index is 403. The van der Waals surface area contributed by atoms with Gasteiger partial charge in [0.25, 0.3) is 0 Å². The molecule has 0 saturated heterocycles. The fourth-order valence-corrected chi connectivity index (χ4v) is 1.47. The Balaban J connectivity index is 0. The van der Waals surface area contributed by atoms with Crippen molar-refractivity contribution in [1.29, 1.82) is 0 Å². The minimum Gasteiger partial charge on any atom is -0.0683 e. The molecule has 0 unspecified atom stereocenters. The van der Waals surface area contributed by atoms with Gasteiger partial charge in [0.15, 0.2) is 0 Å². The van der Waals surface area contributed by atoms with E-state index in [4.69, 9.17) is 0 Å². The topological polar surface area (TPSA) is 0 Å². The molecule has 0 radical (unpaired) electrons. The lowest BCUT2D eigenvalue weighted by Gasteiger charge is -1.93. The van der Waals surface area contributed by atoms with Crippen molar-refractivity contribution in [3.05, 3.63) is 70.8 Å². The molecule has 20 heavy (non-hydrogen) atoms. The first kappa shape index (κ1) is 20.8. The first-order valence-electron chi connectivity index (χ1n) is 7.65. The minimum absolute atomic E-state index is 1.34. The molecule has 0 N–H and O–H groups in total. The Morgan fingerprint density at radius 3 is 1.05 bits per heavy atom. The summed E-state index contributed by atoms with van der Waals surface area (Å²) in [5.74, 6) is 0. The van der Waals surface area contributed by atoms with E-state index in [1.807, 2.05) is 27.7 Å². The van der Waals surface area contributed by atoms with Crippen LogP contribution in [0.2, 0.25) is 0 Å². The molecule has 0 aliphatic heterocycles. The van der Waals surface area contributed by atoms with Gasteiger partial charge in [-0.05, 0) is 38.8 Å². The lowest BCUT2D eigenvalue weighted by molar-refractivity contribution is 1.34. The van der Waals surface area contributed by atoms with Crippen molar-refractivity contribution in [2.75, 3.05) is 0 Å². The lowest BCUT2D eigenvalue weighted by atomic mass is 10.1. The van der Waals surface area contributed by atoms with Gasteiger partial charge in [0.05, 0.1) is 0 Å². The van der Waals surface area contributed by atoms with E-state index in [0.717, 1.165) is 0 Å². The van der Waals surface area contributed by atoms with Crippen molar-refractivity contribution in [2.45, 2.75) is 55.4 Å². The van der Waals surface area contributed by atoms with Gasteiger partial charge in [0.2, 0.25) is 0 Å². The molecule has 0 amide bonds. The summed E-state index contributed by atoms with van der Waals surface area (Å²) < 4.78 is 0. The highest BCUT2D eigenvalue weighted by atomic mass is 13.9. The quantitative estimate of drug-likeness (QED) is 0.503. The van der Waals surface area contributed by atoms with Crippen LogP contribution in [-0.4, -0.2) is 0 Å². The summed E-state index contributed by atoms with van der Waals surface area (Å²) in [4.78, 5) is 0. The summed E-state index contributed by atoms with van der Waals surface area (Å²) in [6, 6.07) is 16.8. The van der Waals surface area contributed by atoms with Gasteiger partial charge in [-0.15, -0.1) is 0 Å². The second kappa shape index (κ2) is 13.9. The average Bonchev–Trinajstić information content (AvgIpc) is 2.47. The predicted octanol–water partition coefficient (Wildman–Crippen LogP) is 6.66. The van der Waals surface area contributed by atoms with Crippen molar-refractivity contribution in [2.24, 2.45) is 0 Å². The highest BCUT2D eigenvalue weighted by Gasteiger charge is 1.84.